The molecule has 1 aromatic heterocycles. The minimum absolute atomic E-state index is 0.105. The number of nitrogens with zero attached hydrogens (tertiary/aromatic N) is 4. The zero-order valence-electron chi connectivity index (χ0n) is 14.8. The maximum atomic E-state index is 12.6. The van der Waals surface area contributed by atoms with Crippen molar-refractivity contribution in [3.05, 3.63) is 47.9 Å². The molecule has 2 heterocycles. The summed E-state index contributed by atoms with van der Waals surface area (Å²) in [6, 6.07) is 8.49. The van der Waals surface area contributed by atoms with Gasteiger partial charge in [-0.2, -0.15) is 0 Å². The summed E-state index contributed by atoms with van der Waals surface area (Å²) in [6.07, 6.45) is 1.36. The second-order valence-corrected chi connectivity index (χ2v) is 6.08. The summed E-state index contributed by atoms with van der Waals surface area (Å²) in [5.41, 5.74) is 1.45. The number of amides is 1. The van der Waals surface area contributed by atoms with Crippen LogP contribution in [0.5, 0.6) is 0 Å². The average Bonchev–Trinajstić information content (AvgIpc) is 2.68. The summed E-state index contributed by atoms with van der Waals surface area (Å²) in [6.45, 7) is 3.07. The molecule has 0 unspecified atom stereocenters. The van der Waals surface area contributed by atoms with Crippen LogP contribution < -0.4 is 5.32 Å². The van der Waals surface area contributed by atoms with Crippen LogP contribution in [0.25, 0.3) is 0 Å². The van der Waals surface area contributed by atoms with Crippen molar-refractivity contribution in [2.45, 2.75) is 0 Å². The van der Waals surface area contributed by atoms with E-state index in [1.807, 2.05) is 7.05 Å². The lowest BCUT2D eigenvalue weighted by Crippen LogP contribution is -2.47. The zero-order chi connectivity index (χ0) is 18.5. The number of anilines is 2. The summed E-state index contributed by atoms with van der Waals surface area (Å²) < 4.78 is 4.72. The van der Waals surface area contributed by atoms with Crippen LogP contribution in [0, 0.1) is 0 Å². The van der Waals surface area contributed by atoms with Gasteiger partial charge in [-0.05, 0) is 25.2 Å². The minimum atomic E-state index is -0.415. The quantitative estimate of drug-likeness (QED) is 0.829. The fourth-order valence-corrected chi connectivity index (χ4v) is 2.70. The molecule has 136 valence electrons. The number of piperazine rings is 1. The second kappa shape index (κ2) is 7.92. The first-order valence-electron chi connectivity index (χ1n) is 8.32. The summed E-state index contributed by atoms with van der Waals surface area (Å²) in [5, 5.41) is 3.09. The number of rotatable bonds is 4. The lowest BCUT2D eigenvalue weighted by molar-refractivity contribution is 0.0600. The molecule has 1 aliphatic rings. The van der Waals surface area contributed by atoms with E-state index >= 15 is 0 Å². The fourth-order valence-electron chi connectivity index (χ4n) is 2.70. The predicted octanol–water partition coefficient (Wildman–Crippen LogP) is 1.39. The third kappa shape index (κ3) is 4.15. The first kappa shape index (κ1) is 17.8. The first-order valence-corrected chi connectivity index (χ1v) is 8.32. The van der Waals surface area contributed by atoms with Gasteiger partial charge in [-0.25, -0.2) is 14.8 Å². The van der Waals surface area contributed by atoms with Gasteiger partial charge in [0.25, 0.3) is 5.91 Å². The lowest BCUT2D eigenvalue weighted by atomic mass is 10.2. The van der Waals surface area contributed by atoms with Crippen molar-refractivity contribution in [3.63, 3.8) is 0 Å². The highest BCUT2D eigenvalue weighted by molar-refractivity contribution is 5.93. The first-order chi connectivity index (χ1) is 12.6. The predicted molar refractivity (Wildman–Crippen MR) is 96.5 cm³/mol. The summed E-state index contributed by atoms with van der Waals surface area (Å²) in [4.78, 5) is 36.5. The molecule has 1 aliphatic heterocycles. The second-order valence-electron chi connectivity index (χ2n) is 6.08. The van der Waals surface area contributed by atoms with E-state index in [1.165, 1.54) is 13.4 Å². The molecule has 1 N–H and O–H groups in total. The average molecular weight is 355 g/mol. The number of hydrogen-bond acceptors (Lipinski definition) is 7. The van der Waals surface area contributed by atoms with Crippen molar-refractivity contribution >= 4 is 23.4 Å². The molecule has 1 aromatic carbocycles. The number of hydrogen-bond donors (Lipinski definition) is 1. The van der Waals surface area contributed by atoms with E-state index in [9.17, 15) is 9.59 Å². The molecule has 1 fully saturated rings. The molecule has 26 heavy (non-hydrogen) atoms. The van der Waals surface area contributed by atoms with Gasteiger partial charge in [-0.1, -0.05) is 6.07 Å². The SMILES string of the molecule is COC(=O)c1cccc(Nc2cc(C(=O)N3CCN(C)CC3)ncn2)c1. The van der Waals surface area contributed by atoms with Crippen LogP contribution in [0.2, 0.25) is 0 Å². The Morgan fingerprint density at radius 2 is 1.88 bits per heavy atom. The maximum absolute atomic E-state index is 12.6. The molecule has 0 aliphatic carbocycles. The maximum Gasteiger partial charge on any atom is 0.337 e. The summed E-state index contributed by atoms with van der Waals surface area (Å²) >= 11 is 0. The van der Waals surface area contributed by atoms with Crippen molar-refractivity contribution < 1.29 is 14.3 Å². The van der Waals surface area contributed by atoms with Gasteiger partial charge in [0, 0.05) is 37.9 Å². The molecule has 1 amide bonds. The normalized spacial score (nSPS) is 14.8. The number of ether oxygens (including phenoxy) is 1. The van der Waals surface area contributed by atoms with Crippen LogP contribution >= 0.6 is 0 Å². The van der Waals surface area contributed by atoms with Gasteiger partial charge >= 0.3 is 5.97 Å². The Morgan fingerprint density at radius 1 is 1.12 bits per heavy atom. The number of carbonyl (C=O) groups excluding carboxylic acids is 2. The van der Waals surface area contributed by atoms with Crippen molar-refractivity contribution in [2.24, 2.45) is 0 Å². The zero-order valence-corrected chi connectivity index (χ0v) is 14.8. The topological polar surface area (TPSA) is 87.7 Å². The monoisotopic (exact) mass is 355 g/mol. The van der Waals surface area contributed by atoms with Crippen molar-refractivity contribution in [1.82, 2.24) is 19.8 Å². The Hall–Kier alpha value is -3.00. The van der Waals surface area contributed by atoms with Crippen molar-refractivity contribution in [3.8, 4) is 0 Å². The molecule has 0 bridgehead atoms. The van der Waals surface area contributed by atoms with Crippen LogP contribution in [0.1, 0.15) is 20.8 Å². The standard InChI is InChI=1S/C18H21N5O3/c1-22-6-8-23(9-7-22)17(24)15-11-16(20-12-19-15)21-14-5-3-4-13(10-14)18(25)26-2/h3-5,10-12H,6-9H2,1-2H3,(H,19,20,21). The van der Waals surface area contributed by atoms with Gasteiger partial charge in [0.15, 0.2) is 0 Å². The molecule has 0 atom stereocenters. The molecule has 0 radical (unpaired) electrons. The van der Waals surface area contributed by atoms with E-state index in [4.69, 9.17) is 4.74 Å². The molecular weight excluding hydrogens is 334 g/mol. The molecule has 2 aromatic rings. The Labute approximate surface area is 151 Å². The number of nitrogens with one attached hydrogen (secondary N) is 1. The number of esters is 1. The number of likely N-dealkylation sites (N-methyl/N-ethyl adjacent to an activating group) is 1. The Balaban J connectivity index is 1.73. The Morgan fingerprint density at radius 3 is 2.62 bits per heavy atom. The van der Waals surface area contributed by atoms with Crippen LogP contribution in [0.4, 0.5) is 11.5 Å². The summed E-state index contributed by atoms with van der Waals surface area (Å²) in [7, 11) is 3.38. The van der Waals surface area contributed by atoms with Gasteiger partial charge < -0.3 is 19.9 Å². The van der Waals surface area contributed by atoms with Crippen LogP contribution in [-0.2, 0) is 4.74 Å². The molecule has 0 spiro atoms. The van der Waals surface area contributed by atoms with Gasteiger partial charge in [-0.3, -0.25) is 4.79 Å². The number of carbonyl (C=O) groups is 2. The summed E-state index contributed by atoms with van der Waals surface area (Å²) in [5.74, 6) is -0.0337. The highest BCUT2D eigenvalue weighted by Gasteiger charge is 2.21. The van der Waals surface area contributed by atoms with Crippen LogP contribution in [0.15, 0.2) is 36.7 Å². The number of aromatic nitrogens is 2. The van der Waals surface area contributed by atoms with Gasteiger partial charge in [0.2, 0.25) is 0 Å². The van der Waals surface area contributed by atoms with E-state index in [1.54, 1.807) is 35.2 Å². The lowest BCUT2D eigenvalue weighted by Gasteiger charge is -2.32. The fraction of sp³-hybridized carbons (Fsp3) is 0.333. The molecule has 8 nitrogen and oxygen atoms in total. The molecule has 0 saturated carbocycles. The van der Waals surface area contributed by atoms with E-state index in [-0.39, 0.29) is 5.91 Å². The molecule has 3 rings (SSSR count). The highest BCUT2D eigenvalue weighted by Crippen LogP contribution is 2.17. The van der Waals surface area contributed by atoms with Gasteiger partial charge in [0.05, 0.1) is 12.7 Å². The third-order valence-electron chi connectivity index (χ3n) is 4.23. The van der Waals surface area contributed by atoms with Gasteiger partial charge in [-0.15, -0.1) is 0 Å². The Bertz CT molecular complexity index is 803. The van der Waals surface area contributed by atoms with E-state index in [2.05, 4.69) is 20.2 Å². The third-order valence-corrected chi connectivity index (χ3v) is 4.23. The number of methoxy groups -OCH3 is 1. The molecule has 1 saturated heterocycles. The minimum Gasteiger partial charge on any atom is -0.465 e. The van der Waals surface area contributed by atoms with Crippen molar-refractivity contribution in [2.75, 3.05) is 45.7 Å². The highest BCUT2D eigenvalue weighted by atomic mass is 16.5. The van der Waals surface area contributed by atoms with E-state index in [0.29, 0.717) is 35.9 Å². The number of benzene rings is 1. The smallest absolute Gasteiger partial charge is 0.337 e. The Kier molecular flexibility index (Phi) is 5.43. The van der Waals surface area contributed by atoms with Crippen LogP contribution in [-0.4, -0.2) is 72.0 Å². The molecular formula is C18H21N5O3. The van der Waals surface area contributed by atoms with Gasteiger partial charge in [0.1, 0.15) is 17.8 Å². The van der Waals surface area contributed by atoms with E-state index in [0.717, 1.165) is 13.1 Å². The largest absolute Gasteiger partial charge is 0.465 e. The molecule has 8 heteroatoms. The van der Waals surface area contributed by atoms with E-state index < -0.39 is 5.97 Å². The van der Waals surface area contributed by atoms with Crippen molar-refractivity contribution in [1.29, 1.82) is 0 Å². The van der Waals surface area contributed by atoms with Crippen LogP contribution in [0.3, 0.4) is 0 Å².